The maximum atomic E-state index is 14.2. The Balaban J connectivity index is 1.75. The Hall–Kier alpha value is -2.49. The lowest BCUT2D eigenvalue weighted by molar-refractivity contribution is -0.140. The van der Waals surface area contributed by atoms with E-state index in [0.29, 0.717) is 15.6 Å². The number of anilines is 1. The number of carbonyl (C=O) groups is 2. The molecule has 0 aliphatic heterocycles. The molecule has 12 heteroatoms. The number of nitrogens with zero attached hydrogens (tertiary/aromatic N) is 2. The van der Waals surface area contributed by atoms with Gasteiger partial charge >= 0.3 is 0 Å². The van der Waals surface area contributed by atoms with Gasteiger partial charge in [0.25, 0.3) is 0 Å². The van der Waals surface area contributed by atoms with Crippen LogP contribution in [0.15, 0.2) is 66.7 Å². The zero-order valence-electron chi connectivity index (χ0n) is 23.6. The monoisotopic (exact) mass is 683 g/mol. The molecule has 4 rings (SSSR count). The lowest BCUT2D eigenvalue weighted by Crippen LogP contribution is -2.55. The van der Waals surface area contributed by atoms with Crippen molar-refractivity contribution in [3.8, 4) is 0 Å². The molecule has 1 atom stereocenters. The van der Waals surface area contributed by atoms with Crippen molar-refractivity contribution in [2.45, 2.75) is 57.2 Å². The van der Waals surface area contributed by atoms with Crippen molar-refractivity contribution in [3.63, 3.8) is 0 Å². The van der Waals surface area contributed by atoms with E-state index in [-0.39, 0.29) is 40.6 Å². The highest BCUT2D eigenvalue weighted by molar-refractivity contribution is 7.92. The molecule has 1 saturated carbocycles. The Morgan fingerprint density at radius 1 is 0.884 bits per heavy atom. The van der Waals surface area contributed by atoms with Crippen molar-refractivity contribution in [2.24, 2.45) is 0 Å². The summed E-state index contributed by atoms with van der Waals surface area (Å²) in [7, 11) is -3.95. The summed E-state index contributed by atoms with van der Waals surface area (Å²) in [5.74, 6) is -0.906. The molecule has 3 aromatic carbocycles. The zero-order chi connectivity index (χ0) is 31.1. The van der Waals surface area contributed by atoms with E-state index in [0.717, 1.165) is 48.2 Å². The molecule has 3 aromatic rings. The van der Waals surface area contributed by atoms with E-state index >= 15 is 0 Å². The fraction of sp³-hybridized carbons (Fsp3) is 0.355. The average Bonchev–Trinajstić information content (AvgIpc) is 2.96. The molecular weight excluding hydrogens is 652 g/mol. The van der Waals surface area contributed by atoms with Crippen LogP contribution in [0.1, 0.15) is 43.2 Å². The molecule has 0 bridgehead atoms. The van der Waals surface area contributed by atoms with Gasteiger partial charge in [-0.25, -0.2) is 8.42 Å². The van der Waals surface area contributed by atoms with Crippen LogP contribution >= 0.6 is 46.4 Å². The first-order valence-corrected chi connectivity index (χ1v) is 17.3. The lowest BCUT2D eigenvalue weighted by atomic mass is 9.94. The summed E-state index contributed by atoms with van der Waals surface area (Å²) in [4.78, 5) is 29.6. The largest absolute Gasteiger partial charge is 0.352 e. The first-order chi connectivity index (χ1) is 20.4. The molecule has 0 unspecified atom stereocenters. The van der Waals surface area contributed by atoms with Gasteiger partial charge in [0.2, 0.25) is 21.8 Å². The predicted molar refractivity (Wildman–Crippen MR) is 175 cm³/mol. The quantitative estimate of drug-likeness (QED) is 0.232. The number of benzene rings is 3. The highest BCUT2D eigenvalue weighted by atomic mass is 35.5. The maximum Gasteiger partial charge on any atom is 0.244 e. The Labute approximate surface area is 273 Å². The number of nitrogens with one attached hydrogen (secondary N) is 1. The number of hydrogen-bond acceptors (Lipinski definition) is 4. The highest BCUT2D eigenvalue weighted by Crippen LogP contribution is 2.29. The van der Waals surface area contributed by atoms with Crippen LogP contribution in [-0.2, 0) is 32.6 Å². The SMILES string of the molecule is CS(=O)(=O)N(CC(=O)N(Cc1ccc(Cl)cc1Cl)[C@@H](Cc1ccccc1)C(=O)NC1CCCCC1)c1ccc(Cl)c(Cl)c1. The number of sulfonamides is 1. The average molecular weight is 686 g/mol. The summed E-state index contributed by atoms with van der Waals surface area (Å²) < 4.78 is 26.9. The zero-order valence-corrected chi connectivity index (χ0v) is 27.5. The van der Waals surface area contributed by atoms with Gasteiger partial charge in [-0.3, -0.25) is 13.9 Å². The number of halogens is 4. The Morgan fingerprint density at radius 3 is 2.21 bits per heavy atom. The third-order valence-corrected chi connectivity index (χ3v) is 9.92. The maximum absolute atomic E-state index is 14.2. The molecule has 0 radical (unpaired) electrons. The van der Waals surface area contributed by atoms with Crippen LogP contribution in [0, 0.1) is 0 Å². The first-order valence-electron chi connectivity index (χ1n) is 13.9. The fourth-order valence-corrected chi connectivity index (χ4v) is 6.79. The van der Waals surface area contributed by atoms with Gasteiger partial charge in [0, 0.05) is 29.1 Å². The summed E-state index contributed by atoms with van der Waals surface area (Å²) >= 11 is 24.9. The minimum Gasteiger partial charge on any atom is -0.352 e. The second kappa shape index (κ2) is 15.0. The Kier molecular flexibility index (Phi) is 11.6. The lowest BCUT2D eigenvalue weighted by Gasteiger charge is -2.35. The topological polar surface area (TPSA) is 86.8 Å². The molecule has 7 nitrogen and oxygen atoms in total. The Bertz CT molecular complexity index is 1550. The van der Waals surface area contributed by atoms with Crippen LogP contribution in [0.4, 0.5) is 5.69 Å². The smallest absolute Gasteiger partial charge is 0.244 e. The molecule has 0 saturated heterocycles. The van der Waals surface area contributed by atoms with Gasteiger partial charge in [-0.15, -0.1) is 0 Å². The summed E-state index contributed by atoms with van der Waals surface area (Å²) in [5, 5.41) is 4.28. The molecule has 1 N–H and O–H groups in total. The molecular formula is C31H33Cl4N3O4S. The van der Waals surface area contributed by atoms with Crippen LogP contribution in [-0.4, -0.2) is 50.0 Å². The van der Waals surface area contributed by atoms with E-state index in [2.05, 4.69) is 5.32 Å². The van der Waals surface area contributed by atoms with Crippen LogP contribution in [0.3, 0.4) is 0 Å². The van der Waals surface area contributed by atoms with E-state index in [1.54, 1.807) is 18.2 Å². The van der Waals surface area contributed by atoms with Crippen molar-refractivity contribution >= 4 is 73.9 Å². The number of carbonyl (C=O) groups excluding carboxylic acids is 2. The molecule has 1 aliphatic carbocycles. The molecule has 0 spiro atoms. The third-order valence-electron chi connectivity index (χ3n) is 7.45. The van der Waals surface area contributed by atoms with E-state index < -0.39 is 28.5 Å². The molecule has 230 valence electrons. The summed E-state index contributed by atoms with van der Waals surface area (Å²) in [6.45, 7) is -0.632. The van der Waals surface area contributed by atoms with Crippen molar-refractivity contribution in [3.05, 3.63) is 97.9 Å². The third kappa shape index (κ3) is 9.25. The first kappa shape index (κ1) is 33.4. The van der Waals surface area contributed by atoms with Gasteiger partial charge in [0.05, 0.1) is 22.0 Å². The molecule has 2 amide bonds. The highest BCUT2D eigenvalue weighted by Gasteiger charge is 2.34. The fourth-order valence-electron chi connectivity index (χ4n) is 5.19. The minimum absolute atomic E-state index is 0.000627. The summed E-state index contributed by atoms with van der Waals surface area (Å²) in [5.41, 5.74) is 1.57. The van der Waals surface area contributed by atoms with Gasteiger partial charge in [0.1, 0.15) is 12.6 Å². The van der Waals surface area contributed by atoms with E-state index in [4.69, 9.17) is 46.4 Å². The molecule has 1 aliphatic rings. The standard InChI is InChI=1S/C31H33Cl4N3O4S/c1-43(41,42)38(25-14-15-26(33)28(35)18-25)20-30(39)37(19-22-12-13-23(32)17-27(22)34)29(16-21-8-4-2-5-9-21)31(40)36-24-10-6-3-7-11-24/h2,4-5,8-9,12-15,17-18,24,29H,3,6-7,10-11,16,19-20H2,1H3,(H,36,40)/t29-/m0/s1. The van der Waals surface area contributed by atoms with E-state index in [1.165, 1.54) is 23.1 Å². The normalized spacial score (nSPS) is 14.6. The van der Waals surface area contributed by atoms with Crippen molar-refractivity contribution in [1.82, 2.24) is 10.2 Å². The van der Waals surface area contributed by atoms with Gasteiger partial charge in [-0.2, -0.15) is 0 Å². The second-order valence-electron chi connectivity index (χ2n) is 10.7. The molecule has 0 heterocycles. The van der Waals surface area contributed by atoms with Crippen LogP contribution in [0.25, 0.3) is 0 Å². The van der Waals surface area contributed by atoms with Crippen molar-refractivity contribution in [1.29, 1.82) is 0 Å². The van der Waals surface area contributed by atoms with Gasteiger partial charge in [0.15, 0.2) is 0 Å². The molecule has 1 fully saturated rings. The van der Waals surface area contributed by atoms with Crippen LogP contribution in [0.2, 0.25) is 20.1 Å². The number of amides is 2. The molecule has 0 aromatic heterocycles. The van der Waals surface area contributed by atoms with Crippen LogP contribution < -0.4 is 9.62 Å². The van der Waals surface area contributed by atoms with Gasteiger partial charge < -0.3 is 10.2 Å². The molecule has 43 heavy (non-hydrogen) atoms. The number of rotatable bonds is 11. The van der Waals surface area contributed by atoms with Gasteiger partial charge in [-0.1, -0.05) is 102 Å². The second-order valence-corrected chi connectivity index (χ2v) is 14.2. The van der Waals surface area contributed by atoms with Crippen molar-refractivity contribution < 1.29 is 18.0 Å². The summed E-state index contributed by atoms with van der Waals surface area (Å²) in [6.07, 6.45) is 6.09. The summed E-state index contributed by atoms with van der Waals surface area (Å²) in [6, 6.07) is 17.6. The van der Waals surface area contributed by atoms with Crippen molar-refractivity contribution in [2.75, 3.05) is 17.1 Å². The van der Waals surface area contributed by atoms with Gasteiger partial charge in [-0.05, 0) is 54.3 Å². The minimum atomic E-state index is -3.95. The van der Waals surface area contributed by atoms with E-state index in [1.807, 2.05) is 30.3 Å². The van der Waals surface area contributed by atoms with E-state index in [9.17, 15) is 18.0 Å². The number of hydrogen-bond donors (Lipinski definition) is 1. The Morgan fingerprint density at radius 2 is 1.58 bits per heavy atom. The van der Waals surface area contributed by atoms with Crippen LogP contribution in [0.5, 0.6) is 0 Å². The predicted octanol–water partition coefficient (Wildman–Crippen LogP) is 7.16.